The number of alkyl halides is 1. The largest absolute Gasteiger partial charge is 0.435 e. The predicted molar refractivity (Wildman–Crippen MR) is 66.7 cm³/mol. The van der Waals surface area contributed by atoms with Gasteiger partial charge in [-0.25, -0.2) is 13.6 Å². The van der Waals surface area contributed by atoms with Crippen LogP contribution in [0.1, 0.15) is 5.69 Å². The number of nitro groups is 1. The van der Waals surface area contributed by atoms with Crippen molar-refractivity contribution in [3.63, 3.8) is 0 Å². The van der Waals surface area contributed by atoms with Crippen LogP contribution in [0.3, 0.4) is 0 Å². The summed E-state index contributed by atoms with van der Waals surface area (Å²) < 4.78 is 14.5. The summed E-state index contributed by atoms with van der Waals surface area (Å²) in [7, 11) is 0. The number of rotatable bonds is 7. The third-order valence-electron chi connectivity index (χ3n) is 2.54. The number of amides is 1. The van der Waals surface area contributed by atoms with Crippen molar-refractivity contribution < 1.29 is 14.1 Å². The number of hydrogen-bond acceptors (Lipinski definition) is 6. The van der Waals surface area contributed by atoms with E-state index >= 15 is 0 Å². The molecule has 0 aliphatic rings. The van der Waals surface area contributed by atoms with Crippen LogP contribution in [-0.4, -0.2) is 42.1 Å². The van der Waals surface area contributed by atoms with Gasteiger partial charge in [0.2, 0.25) is 0 Å². The highest BCUT2D eigenvalue weighted by atomic mass is 19.1. The molecule has 2 aromatic rings. The van der Waals surface area contributed by atoms with E-state index < -0.39 is 23.5 Å². The minimum absolute atomic E-state index is 0.0994. The van der Waals surface area contributed by atoms with E-state index in [-0.39, 0.29) is 19.6 Å². The van der Waals surface area contributed by atoms with E-state index in [0.717, 1.165) is 4.57 Å². The van der Waals surface area contributed by atoms with Gasteiger partial charge in [0.1, 0.15) is 24.8 Å². The molecule has 1 amide bonds. The van der Waals surface area contributed by atoms with Gasteiger partial charge < -0.3 is 15.4 Å². The van der Waals surface area contributed by atoms with Gasteiger partial charge in [-0.2, -0.15) is 0 Å². The highest BCUT2D eigenvalue weighted by Crippen LogP contribution is 2.06. The van der Waals surface area contributed by atoms with Crippen LogP contribution in [0.25, 0.3) is 0 Å². The summed E-state index contributed by atoms with van der Waals surface area (Å²) in [6.45, 7) is -0.579. The fourth-order valence-electron chi connectivity index (χ4n) is 1.61. The molecule has 2 aromatic heterocycles. The van der Waals surface area contributed by atoms with Crippen LogP contribution >= 0.6 is 0 Å². The van der Waals surface area contributed by atoms with Crippen LogP contribution in [0.4, 0.5) is 10.3 Å². The van der Waals surface area contributed by atoms with Gasteiger partial charge in [-0.1, -0.05) is 10.2 Å². The lowest BCUT2D eigenvalue weighted by Crippen LogP contribution is -2.27. The SMILES string of the molecule is O=C(Cn1ccnc1[N+](=O)[O-])NCc1cn(CCF)nn1. The Bertz CT molecular complexity index is 638. The number of hydrogen-bond donors (Lipinski definition) is 1. The first-order chi connectivity index (χ1) is 10.1. The molecule has 2 rings (SSSR count). The summed E-state index contributed by atoms with van der Waals surface area (Å²) in [4.78, 5) is 25.2. The summed E-state index contributed by atoms with van der Waals surface area (Å²) in [5.41, 5.74) is 0.469. The molecular weight excluding hydrogens is 285 g/mol. The molecule has 21 heavy (non-hydrogen) atoms. The zero-order valence-electron chi connectivity index (χ0n) is 10.8. The normalized spacial score (nSPS) is 10.5. The molecule has 0 spiro atoms. The molecule has 0 unspecified atom stereocenters. The van der Waals surface area contributed by atoms with Crippen molar-refractivity contribution in [3.8, 4) is 0 Å². The van der Waals surface area contributed by atoms with Crippen molar-refractivity contribution >= 4 is 11.9 Å². The first kappa shape index (κ1) is 14.6. The van der Waals surface area contributed by atoms with Gasteiger partial charge in [0.05, 0.1) is 19.3 Å². The molecular formula is C10H12FN7O3. The van der Waals surface area contributed by atoms with Crippen molar-refractivity contribution in [2.45, 2.75) is 19.6 Å². The smallest absolute Gasteiger partial charge is 0.390 e. The number of carbonyl (C=O) groups is 1. The third-order valence-corrected chi connectivity index (χ3v) is 2.54. The molecule has 112 valence electrons. The Hall–Kier alpha value is -2.85. The van der Waals surface area contributed by atoms with Crippen LogP contribution < -0.4 is 5.32 Å². The molecule has 2 heterocycles. The summed E-state index contributed by atoms with van der Waals surface area (Å²) in [6, 6.07) is 0. The van der Waals surface area contributed by atoms with Crippen LogP contribution in [0.15, 0.2) is 18.6 Å². The van der Waals surface area contributed by atoms with E-state index in [1.165, 1.54) is 23.3 Å². The summed E-state index contributed by atoms with van der Waals surface area (Å²) >= 11 is 0. The van der Waals surface area contributed by atoms with Crippen molar-refractivity contribution in [3.05, 3.63) is 34.4 Å². The molecule has 0 saturated carbocycles. The Morgan fingerprint density at radius 1 is 1.52 bits per heavy atom. The maximum absolute atomic E-state index is 12.1. The zero-order chi connectivity index (χ0) is 15.2. The summed E-state index contributed by atoms with van der Waals surface area (Å²) in [6.07, 6.45) is 4.10. The number of nitrogens with zero attached hydrogens (tertiary/aromatic N) is 6. The molecule has 0 saturated heterocycles. The molecule has 0 radical (unpaired) electrons. The van der Waals surface area contributed by atoms with E-state index in [2.05, 4.69) is 20.6 Å². The van der Waals surface area contributed by atoms with E-state index in [1.807, 2.05) is 0 Å². The monoisotopic (exact) mass is 297 g/mol. The average Bonchev–Trinajstić information content (AvgIpc) is 3.06. The zero-order valence-corrected chi connectivity index (χ0v) is 10.8. The number of aryl methyl sites for hydroxylation is 1. The van der Waals surface area contributed by atoms with Crippen LogP contribution in [0, 0.1) is 10.1 Å². The fourth-order valence-corrected chi connectivity index (χ4v) is 1.61. The number of nitrogens with one attached hydrogen (secondary N) is 1. The van der Waals surface area contributed by atoms with E-state index in [9.17, 15) is 19.3 Å². The first-order valence-corrected chi connectivity index (χ1v) is 5.97. The van der Waals surface area contributed by atoms with Crippen molar-refractivity contribution in [2.24, 2.45) is 0 Å². The first-order valence-electron chi connectivity index (χ1n) is 5.97. The highest BCUT2D eigenvalue weighted by molar-refractivity contribution is 5.75. The molecule has 0 bridgehead atoms. The van der Waals surface area contributed by atoms with Crippen molar-refractivity contribution in [1.82, 2.24) is 29.9 Å². The minimum Gasteiger partial charge on any atom is -0.390 e. The lowest BCUT2D eigenvalue weighted by Gasteiger charge is -2.02. The van der Waals surface area contributed by atoms with Gasteiger partial charge in [0, 0.05) is 0 Å². The van der Waals surface area contributed by atoms with Gasteiger partial charge in [0.15, 0.2) is 6.54 Å². The van der Waals surface area contributed by atoms with Crippen LogP contribution in [0.5, 0.6) is 0 Å². The van der Waals surface area contributed by atoms with Gasteiger partial charge in [-0.15, -0.1) is 5.10 Å². The van der Waals surface area contributed by atoms with Crippen molar-refractivity contribution in [1.29, 1.82) is 0 Å². The Morgan fingerprint density at radius 2 is 2.33 bits per heavy atom. The number of imidazole rings is 1. The molecule has 0 atom stereocenters. The minimum atomic E-state index is -0.671. The molecule has 10 nitrogen and oxygen atoms in total. The van der Waals surface area contributed by atoms with Gasteiger partial charge >= 0.3 is 5.95 Å². The third kappa shape index (κ3) is 3.81. The summed E-state index contributed by atoms with van der Waals surface area (Å²) in [5, 5.41) is 20.6. The Morgan fingerprint density at radius 3 is 3.05 bits per heavy atom. The average molecular weight is 297 g/mol. The van der Waals surface area contributed by atoms with Crippen molar-refractivity contribution in [2.75, 3.05) is 6.67 Å². The van der Waals surface area contributed by atoms with E-state index in [0.29, 0.717) is 5.69 Å². The maximum Gasteiger partial charge on any atom is 0.435 e. The summed E-state index contributed by atoms with van der Waals surface area (Å²) in [5.74, 6) is -0.838. The Labute approximate surface area is 117 Å². The number of carbonyl (C=O) groups excluding carboxylic acids is 1. The molecule has 0 aromatic carbocycles. The Kier molecular flexibility index (Phi) is 4.53. The quantitative estimate of drug-likeness (QED) is 0.551. The van der Waals surface area contributed by atoms with Crippen LogP contribution in [0.2, 0.25) is 0 Å². The Balaban J connectivity index is 1.86. The second-order valence-corrected chi connectivity index (χ2v) is 4.05. The fraction of sp³-hybridized carbons (Fsp3) is 0.400. The van der Waals surface area contributed by atoms with E-state index in [4.69, 9.17) is 0 Å². The van der Waals surface area contributed by atoms with Gasteiger partial charge in [-0.05, 0) is 4.92 Å². The van der Waals surface area contributed by atoms with Crippen LogP contribution in [-0.2, 0) is 24.4 Å². The lowest BCUT2D eigenvalue weighted by molar-refractivity contribution is -0.396. The highest BCUT2D eigenvalue weighted by Gasteiger charge is 2.16. The molecule has 0 aliphatic carbocycles. The van der Waals surface area contributed by atoms with E-state index in [1.54, 1.807) is 0 Å². The standard InChI is InChI=1S/C10H12FN7O3/c11-1-3-17-6-8(14-15-17)5-13-9(19)7-16-4-2-12-10(16)18(20)21/h2,4,6H,1,3,5,7H2,(H,13,19). The van der Waals surface area contributed by atoms with Gasteiger partial charge in [-0.3, -0.25) is 4.79 Å². The lowest BCUT2D eigenvalue weighted by atomic mass is 10.4. The predicted octanol–water partition coefficient (Wildman–Crippen LogP) is -0.331. The van der Waals surface area contributed by atoms with Gasteiger partial charge in [0.25, 0.3) is 5.91 Å². The molecule has 11 heteroatoms. The molecule has 0 aliphatic heterocycles. The maximum atomic E-state index is 12.1. The second-order valence-electron chi connectivity index (χ2n) is 4.05. The molecule has 1 N–H and O–H groups in total. The number of halogens is 1. The topological polar surface area (TPSA) is 121 Å². The second kappa shape index (κ2) is 6.54. The molecule has 0 fully saturated rings. The number of aromatic nitrogens is 5.